The SMILES string of the molecule is CN=C(NCCN(C)C1CC1)N1CCC(c2cnn(C)c2)C1. The van der Waals surface area contributed by atoms with Gasteiger partial charge < -0.3 is 15.1 Å². The highest BCUT2D eigenvalue weighted by molar-refractivity contribution is 5.80. The molecule has 1 saturated carbocycles. The van der Waals surface area contributed by atoms with Crippen LogP contribution in [0.3, 0.4) is 0 Å². The predicted octanol–water partition coefficient (Wildman–Crippen LogP) is 0.879. The van der Waals surface area contributed by atoms with E-state index in [2.05, 4.69) is 38.5 Å². The lowest BCUT2D eigenvalue weighted by Gasteiger charge is -2.23. The van der Waals surface area contributed by atoms with E-state index >= 15 is 0 Å². The molecule has 1 aliphatic carbocycles. The molecule has 1 N–H and O–H groups in total. The fourth-order valence-electron chi connectivity index (χ4n) is 3.25. The smallest absolute Gasteiger partial charge is 0.193 e. The monoisotopic (exact) mass is 304 g/mol. The van der Waals surface area contributed by atoms with E-state index in [4.69, 9.17) is 0 Å². The molecule has 2 fully saturated rings. The standard InChI is InChI=1S/C16H28N6/c1-17-16(18-7-9-20(2)15-4-5-15)22-8-6-13(12-22)14-10-19-21(3)11-14/h10-11,13,15H,4-9,12H2,1-3H3,(H,17,18). The second kappa shape index (κ2) is 6.69. The summed E-state index contributed by atoms with van der Waals surface area (Å²) in [5.41, 5.74) is 1.34. The number of hydrogen-bond acceptors (Lipinski definition) is 3. The molecule has 1 aromatic heterocycles. The van der Waals surface area contributed by atoms with Gasteiger partial charge in [0.05, 0.1) is 6.20 Å². The first-order chi connectivity index (χ1) is 10.7. The van der Waals surface area contributed by atoms with Gasteiger partial charge in [0.25, 0.3) is 0 Å². The number of likely N-dealkylation sites (tertiary alicyclic amines) is 1. The summed E-state index contributed by atoms with van der Waals surface area (Å²) in [4.78, 5) is 9.27. The highest BCUT2D eigenvalue weighted by Gasteiger charge is 2.28. The normalized spacial score (nSPS) is 22.6. The Hall–Kier alpha value is -1.56. The van der Waals surface area contributed by atoms with E-state index in [-0.39, 0.29) is 0 Å². The Morgan fingerprint density at radius 1 is 1.45 bits per heavy atom. The minimum atomic E-state index is 0.571. The fraction of sp³-hybridized carbons (Fsp3) is 0.750. The lowest BCUT2D eigenvalue weighted by atomic mass is 10.0. The number of likely N-dealkylation sites (N-methyl/N-ethyl adjacent to an activating group) is 1. The summed E-state index contributed by atoms with van der Waals surface area (Å²) in [6, 6.07) is 0.825. The van der Waals surface area contributed by atoms with Gasteiger partial charge in [0.2, 0.25) is 0 Å². The van der Waals surface area contributed by atoms with Crippen molar-refractivity contribution < 1.29 is 0 Å². The lowest BCUT2D eigenvalue weighted by molar-refractivity contribution is 0.326. The van der Waals surface area contributed by atoms with Crippen molar-refractivity contribution >= 4 is 5.96 Å². The zero-order valence-corrected chi connectivity index (χ0v) is 14.0. The van der Waals surface area contributed by atoms with Crippen molar-refractivity contribution in [2.45, 2.75) is 31.2 Å². The molecular formula is C16H28N6. The van der Waals surface area contributed by atoms with Crippen LogP contribution in [0.4, 0.5) is 0 Å². The molecule has 1 atom stereocenters. The molecule has 6 heteroatoms. The molecule has 1 unspecified atom stereocenters. The molecule has 2 heterocycles. The first kappa shape index (κ1) is 15.3. The Morgan fingerprint density at radius 2 is 2.27 bits per heavy atom. The molecule has 0 radical (unpaired) electrons. The zero-order valence-electron chi connectivity index (χ0n) is 14.0. The second-order valence-corrected chi connectivity index (χ2v) is 6.56. The Morgan fingerprint density at radius 3 is 2.91 bits per heavy atom. The van der Waals surface area contributed by atoms with Crippen molar-refractivity contribution in [2.75, 3.05) is 40.3 Å². The Labute approximate surface area is 133 Å². The van der Waals surface area contributed by atoms with Crippen LogP contribution in [-0.4, -0.2) is 71.9 Å². The molecule has 6 nitrogen and oxygen atoms in total. The average Bonchev–Trinajstić information content (AvgIpc) is 3.10. The minimum Gasteiger partial charge on any atom is -0.355 e. The van der Waals surface area contributed by atoms with Crippen LogP contribution >= 0.6 is 0 Å². The van der Waals surface area contributed by atoms with Gasteiger partial charge in [-0.05, 0) is 31.9 Å². The molecule has 0 aromatic carbocycles. The Bertz CT molecular complexity index is 518. The first-order valence-corrected chi connectivity index (χ1v) is 8.31. The zero-order chi connectivity index (χ0) is 15.5. The number of nitrogens with zero attached hydrogens (tertiary/aromatic N) is 5. The lowest BCUT2D eigenvalue weighted by Crippen LogP contribution is -2.43. The van der Waals surface area contributed by atoms with Crippen molar-refractivity contribution in [3.8, 4) is 0 Å². The third-order valence-corrected chi connectivity index (χ3v) is 4.81. The van der Waals surface area contributed by atoms with Gasteiger partial charge in [-0.25, -0.2) is 0 Å². The van der Waals surface area contributed by atoms with Gasteiger partial charge in [0, 0.05) is 58.4 Å². The van der Waals surface area contributed by atoms with Crippen molar-refractivity contribution in [1.29, 1.82) is 0 Å². The summed E-state index contributed by atoms with van der Waals surface area (Å²) in [7, 11) is 6.08. The van der Waals surface area contributed by atoms with Crippen LogP contribution in [0.2, 0.25) is 0 Å². The van der Waals surface area contributed by atoms with Gasteiger partial charge in [-0.1, -0.05) is 0 Å². The van der Waals surface area contributed by atoms with Crippen LogP contribution in [0.15, 0.2) is 17.4 Å². The molecule has 22 heavy (non-hydrogen) atoms. The van der Waals surface area contributed by atoms with E-state index < -0.39 is 0 Å². The van der Waals surface area contributed by atoms with E-state index in [1.807, 2.05) is 25.0 Å². The summed E-state index contributed by atoms with van der Waals surface area (Å²) >= 11 is 0. The minimum absolute atomic E-state index is 0.571. The molecule has 2 aliphatic rings. The number of aryl methyl sites for hydroxylation is 1. The van der Waals surface area contributed by atoms with E-state index in [9.17, 15) is 0 Å². The van der Waals surface area contributed by atoms with Crippen LogP contribution in [0.5, 0.6) is 0 Å². The maximum atomic E-state index is 4.45. The number of aliphatic imine (C=N–C) groups is 1. The number of guanidine groups is 1. The van der Waals surface area contributed by atoms with Crippen molar-refractivity contribution in [3.63, 3.8) is 0 Å². The van der Waals surface area contributed by atoms with Crippen LogP contribution in [-0.2, 0) is 7.05 Å². The predicted molar refractivity (Wildman–Crippen MR) is 89.2 cm³/mol. The van der Waals surface area contributed by atoms with Crippen LogP contribution < -0.4 is 5.32 Å². The van der Waals surface area contributed by atoms with Crippen molar-refractivity contribution in [2.24, 2.45) is 12.0 Å². The largest absolute Gasteiger partial charge is 0.355 e. The third-order valence-electron chi connectivity index (χ3n) is 4.81. The third kappa shape index (κ3) is 3.61. The van der Waals surface area contributed by atoms with Gasteiger partial charge in [-0.15, -0.1) is 0 Å². The fourth-order valence-corrected chi connectivity index (χ4v) is 3.25. The number of hydrogen-bond donors (Lipinski definition) is 1. The number of nitrogens with one attached hydrogen (secondary N) is 1. The molecule has 1 saturated heterocycles. The van der Waals surface area contributed by atoms with E-state index in [1.54, 1.807) is 0 Å². The average molecular weight is 304 g/mol. The van der Waals surface area contributed by atoms with E-state index in [0.29, 0.717) is 5.92 Å². The van der Waals surface area contributed by atoms with Crippen LogP contribution in [0.25, 0.3) is 0 Å². The van der Waals surface area contributed by atoms with Gasteiger partial charge in [-0.3, -0.25) is 9.67 Å². The van der Waals surface area contributed by atoms with Gasteiger partial charge in [0.1, 0.15) is 0 Å². The molecule has 0 bridgehead atoms. The summed E-state index contributed by atoms with van der Waals surface area (Å²) in [5, 5.41) is 7.80. The van der Waals surface area contributed by atoms with E-state index in [1.165, 1.54) is 24.8 Å². The first-order valence-electron chi connectivity index (χ1n) is 8.31. The number of aromatic nitrogens is 2. The molecule has 1 aliphatic heterocycles. The molecule has 122 valence electrons. The summed E-state index contributed by atoms with van der Waals surface area (Å²) in [6.07, 6.45) is 8.03. The Balaban J connectivity index is 1.47. The molecule has 0 spiro atoms. The maximum absolute atomic E-state index is 4.45. The summed E-state index contributed by atoms with van der Waals surface area (Å²) in [6.45, 7) is 4.15. The molecular weight excluding hydrogens is 276 g/mol. The van der Waals surface area contributed by atoms with Gasteiger partial charge >= 0.3 is 0 Å². The van der Waals surface area contributed by atoms with E-state index in [0.717, 1.165) is 38.2 Å². The van der Waals surface area contributed by atoms with Gasteiger partial charge in [0.15, 0.2) is 5.96 Å². The maximum Gasteiger partial charge on any atom is 0.193 e. The number of rotatable bonds is 5. The molecule has 3 rings (SSSR count). The summed E-state index contributed by atoms with van der Waals surface area (Å²) < 4.78 is 1.89. The van der Waals surface area contributed by atoms with Crippen molar-refractivity contribution in [1.82, 2.24) is 24.9 Å². The van der Waals surface area contributed by atoms with Gasteiger partial charge in [-0.2, -0.15) is 5.10 Å². The second-order valence-electron chi connectivity index (χ2n) is 6.56. The highest BCUT2D eigenvalue weighted by Crippen LogP contribution is 2.27. The van der Waals surface area contributed by atoms with Crippen molar-refractivity contribution in [3.05, 3.63) is 18.0 Å². The van der Waals surface area contributed by atoms with Crippen LogP contribution in [0.1, 0.15) is 30.7 Å². The highest BCUT2D eigenvalue weighted by atomic mass is 15.3. The topological polar surface area (TPSA) is 48.7 Å². The quantitative estimate of drug-likeness (QED) is 0.648. The molecule has 0 amide bonds. The van der Waals surface area contributed by atoms with Crippen LogP contribution in [0, 0.1) is 0 Å². The summed E-state index contributed by atoms with van der Waals surface area (Å²) in [5.74, 6) is 1.61. The Kier molecular flexibility index (Phi) is 4.66. The molecule has 1 aromatic rings.